The molecule has 0 aliphatic carbocycles. The van der Waals surface area contributed by atoms with E-state index >= 15 is 0 Å². The van der Waals surface area contributed by atoms with Crippen molar-refractivity contribution in [2.24, 2.45) is 7.05 Å². The van der Waals surface area contributed by atoms with Crippen molar-refractivity contribution >= 4 is 23.7 Å². The van der Waals surface area contributed by atoms with Gasteiger partial charge in [-0.25, -0.2) is 4.79 Å². The number of thiol groups is 1. The molecular weight excluding hydrogens is 224 g/mol. The predicted molar refractivity (Wildman–Crippen MR) is 67.1 cm³/mol. The Hall–Kier alpha value is -1.20. The quantitative estimate of drug-likeness (QED) is 0.793. The molecule has 0 aliphatic heterocycles. The van der Waals surface area contributed by atoms with E-state index in [-0.39, 0.29) is 11.8 Å². The van der Waals surface area contributed by atoms with Gasteiger partial charge in [0.2, 0.25) is 0 Å². The number of nitrogens with zero attached hydrogens (tertiary/aromatic N) is 1. The van der Waals surface area contributed by atoms with Gasteiger partial charge in [-0.2, -0.15) is 12.6 Å². The second kappa shape index (κ2) is 4.35. The Balaban J connectivity index is 2.58. The monoisotopic (exact) mass is 238 g/mol. The molecule has 86 valence electrons. The van der Waals surface area contributed by atoms with Gasteiger partial charge in [-0.15, -0.1) is 0 Å². The van der Waals surface area contributed by atoms with Crippen molar-refractivity contribution in [1.82, 2.24) is 9.88 Å². The summed E-state index contributed by atoms with van der Waals surface area (Å²) in [6, 6.07) is 5.90. The highest BCUT2D eigenvalue weighted by atomic mass is 32.1. The molecule has 0 bridgehead atoms. The van der Waals surface area contributed by atoms with Crippen LogP contribution in [0, 0.1) is 0 Å². The van der Waals surface area contributed by atoms with Crippen molar-refractivity contribution in [2.75, 3.05) is 12.8 Å². The van der Waals surface area contributed by atoms with Crippen LogP contribution in [0.25, 0.3) is 11.1 Å². The minimum atomic E-state index is -0.334. The fraction of sp³-hybridized carbons (Fsp3) is 0.364. The van der Waals surface area contributed by atoms with E-state index in [1.54, 1.807) is 7.05 Å². The standard InChI is InChI=1S/C11H14N2O2S/c1-12-8(6-16)7-3-4-10-9(5-7)13(2)11(14)15-10/h3-5,8,12,16H,6H2,1-2H3. The third kappa shape index (κ3) is 1.76. The Bertz CT molecular complexity index is 555. The minimum absolute atomic E-state index is 0.178. The molecule has 1 atom stereocenters. The lowest BCUT2D eigenvalue weighted by atomic mass is 10.1. The van der Waals surface area contributed by atoms with Gasteiger partial charge in [0, 0.05) is 18.8 Å². The van der Waals surface area contributed by atoms with Crippen LogP contribution in [-0.2, 0) is 7.05 Å². The van der Waals surface area contributed by atoms with Crippen molar-refractivity contribution in [1.29, 1.82) is 0 Å². The molecule has 0 amide bonds. The molecule has 4 nitrogen and oxygen atoms in total. The van der Waals surface area contributed by atoms with Crippen LogP contribution < -0.4 is 11.1 Å². The average Bonchev–Trinajstić information content (AvgIpc) is 2.57. The second-order valence-corrected chi connectivity index (χ2v) is 4.04. The number of hydrogen-bond acceptors (Lipinski definition) is 4. The lowest BCUT2D eigenvalue weighted by Crippen LogP contribution is -2.17. The van der Waals surface area contributed by atoms with E-state index in [1.165, 1.54) is 4.57 Å². The van der Waals surface area contributed by atoms with Crippen LogP contribution in [0.2, 0.25) is 0 Å². The van der Waals surface area contributed by atoms with Gasteiger partial charge in [0.1, 0.15) is 0 Å². The zero-order valence-electron chi connectivity index (χ0n) is 9.23. The molecule has 2 aromatic rings. The summed E-state index contributed by atoms with van der Waals surface area (Å²) in [5.74, 6) is 0.368. The summed E-state index contributed by atoms with van der Waals surface area (Å²) >= 11 is 4.28. The number of aryl methyl sites for hydroxylation is 1. The first-order valence-corrected chi connectivity index (χ1v) is 5.68. The van der Waals surface area contributed by atoms with Crippen LogP contribution in [0.3, 0.4) is 0 Å². The largest absolute Gasteiger partial charge is 0.419 e. The Labute approximate surface area is 98.7 Å². The van der Waals surface area contributed by atoms with Gasteiger partial charge >= 0.3 is 5.76 Å². The third-order valence-electron chi connectivity index (χ3n) is 2.75. The molecule has 0 spiro atoms. The van der Waals surface area contributed by atoms with Crippen LogP contribution in [-0.4, -0.2) is 17.4 Å². The van der Waals surface area contributed by atoms with Crippen LogP contribution in [0.5, 0.6) is 0 Å². The number of benzene rings is 1. The van der Waals surface area contributed by atoms with Crippen LogP contribution in [0.15, 0.2) is 27.4 Å². The molecule has 5 heteroatoms. The summed E-state index contributed by atoms with van der Waals surface area (Å²) in [5, 5.41) is 3.16. The highest BCUT2D eigenvalue weighted by molar-refractivity contribution is 7.80. The summed E-state index contributed by atoms with van der Waals surface area (Å²) in [7, 11) is 3.59. The van der Waals surface area contributed by atoms with Crippen molar-refractivity contribution in [3.8, 4) is 0 Å². The van der Waals surface area contributed by atoms with E-state index in [0.29, 0.717) is 11.3 Å². The van der Waals surface area contributed by atoms with Crippen molar-refractivity contribution < 1.29 is 4.42 Å². The van der Waals surface area contributed by atoms with Gasteiger partial charge in [-0.3, -0.25) is 4.57 Å². The smallest absolute Gasteiger partial charge is 0.408 e. The Kier molecular flexibility index (Phi) is 3.07. The normalized spacial score (nSPS) is 13.2. The molecule has 1 unspecified atom stereocenters. The van der Waals surface area contributed by atoms with Crippen LogP contribution in [0.4, 0.5) is 0 Å². The third-order valence-corrected chi connectivity index (χ3v) is 3.11. The molecule has 1 aromatic heterocycles. The second-order valence-electron chi connectivity index (χ2n) is 3.68. The Morgan fingerprint density at radius 2 is 2.31 bits per heavy atom. The molecule has 2 rings (SSSR count). The molecule has 0 aliphatic rings. The summed E-state index contributed by atoms with van der Waals surface area (Å²) < 4.78 is 6.57. The van der Waals surface area contributed by atoms with Crippen molar-refractivity contribution in [3.05, 3.63) is 34.3 Å². The molecule has 0 fully saturated rings. The SMILES string of the molecule is CNC(CS)c1ccc2oc(=O)n(C)c2c1. The van der Waals surface area contributed by atoms with E-state index in [9.17, 15) is 4.79 Å². The molecule has 1 N–H and O–H groups in total. The number of hydrogen-bond donors (Lipinski definition) is 2. The lowest BCUT2D eigenvalue weighted by Gasteiger charge is -2.13. The summed E-state index contributed by atoms with van der Waals surface area (Å²) in [4.78, 5) is 11.3. The molecule has 0 radical (unpaired) electrons. The fourth-order valence-electron chi connectivity index (χ4n) is 1.72. The maximum Gasteiger partial charge on any atom is 0.419 e. The highest BCUT2D eigenvalue weighted by Crippen LogP contribution is 2.20. The number of rotatable bonds is 3. The molecule has 16 heavy (non-hydrogen) atoms. The lowest BCUT2D eigenvalue weighted by molar-refractivity contribution is 0.528. The molecule has 0 saturated heterocycles. The minimum Gasteiger partial charge on any atom is -0.408 e. The zero-order valence-corrected chi connectivity index (χ0v) is 10.1. The zero-order chi connectivity index (χ0) is 11.7. The van der Waals surface area contributed by atoms with Gasteiger partial charge in [-0.1, -0.05) is 6.07 Å². The van der Waals surface area contributed by atoms with Gasteiger partial charge in [0.25, 0.3) is 0 Å². The number of aromatic nitrogens is 1. The van der Waals surface area contributed by atoms with Gasteiger partial charge < -0.3 is 9.73 Å². The summed E-state index contributed by atoms with van der Waals surface area (Å²) in [6.45, 7) is 0. The first kappa shape index (κ1) is 11.3. The van der Waals surface area contributed by atoms with E-state index < -0.39 is 0 Å². The summed E-state index contributed by atoms with van der Waals surface area (Å²) in [5.41, 5.74) is 2.52. The molecule has 1 aromatic carbocycles. The molecular formula is C11H14N2O2S. The maximum absolute atomic E-state index is 11.3. The number of oxazole rings is 1. The van der Waals surface area contributed by atoms with E-state index in [2.05, 4.69) is 17.9 Å². The van der Waals surface area contributed by atoms with Crippen molar-refractivity contribution in [3.63, 3.8) is 0 Å². The number of nitrogens with one attached hydrogen (secondary N) is 1. The van der Waals surface area contributed by atoms with Crippen LogP contribution in [0.1, 0.15) is 11.6 Å². The first-order chi connectivity index (χ1) is 7.67. The highest BCUT2D eigenvalue weighted by Gasteiger charge is 2.11. The molecule has 0 saturated carbocycles. The Morgan fingerprint density at radius 1 is 1.56 bits per heavy atom. The number of fused-ring (bicyclic) bond motifs is 1. The topological polar surface area (TPSA) is 47.2 Å². The van der Waals surface area contributed by atoms with E-state index in [4.69, 9.17) is 4.42 Å². The molecule has 1 heterocycles. The van der Waals surface area contributed by atoms with Gasteiger partial charge in [0.15, 0.2) is 5.58 Å². The van der Waals surface area contributed by atoms with Crippen LogP contribution >= 0.6 is 12.6 Å². The Morgan fingerprint density at radius 3 is 2.94 bits per heavy atom. The fourth-order valence-corrected chi connectivity index (χ4v) is 2.12. The average molecular weight is 238 g/mol. The van der Waals surface area contributed by atoms with E-state index in [0.717, 1.165) is 11.1 Å². The van der Waals surface area contributed by atoms with Gasteiger partial charge in [-0.05, 0) is 24.7 Å². The summed E-state index contributed by atoms with van der Waals surface area (Å²) in [6.07, 6.45) is 0. The first-order valence-electron chi connectivity index (χ1n) is 5.05. The van der Waals surface area contributed by atoms with Crippen molar-refractivity contribution in [2.45, 2.75) is 6.04 Å². The predicted octanol–water partition coefficient (Wildman–Crippen LogP) is 1.32. The maximum atomic E-state index is 11.3. The van der Waals surface area contributed by atoms with Gasteiger partial charge in [0.05, 0.1) is 5.52 Å². The van der Waals surface area contributed by atoms with E-state index in [1.807, 2.05) is 25.2 Å².